The molecule has 0 amide bonds. The SMILES string of the molecule is CNc1ccc([N+](=O)[O-])c(-c2ccc(C)cc2)n1. The van der Waals surface area contributed by atoms with E-state index >= 15 is 0 Å². The van der Waals surface area contributed by atoms with E-state index in [1.165, 1.54) is 6.07 Å². The first-order valence-electron chi connectivity index (χ1n) is 5.52. The van der Waals surface area contributed by atoms with Crippen LogP contribution in [0.2, 0.25) is 0 Å². The lowest BCUT2D eigenvalue weighted by Gasteiger charge is -2.05. The van der Waals surface area contributed by atoms with Crippen molar-refractivity contribution >= 4 is 11.5 Å². The Bertz CT molecular complexity index is 579. The van der Waals surface area contributed by atoms with Gasteiger partial charge >= 0.3 is 0 Å². The van der Waals surface area contributed by atoms with E-state index in [1.807, 2.05) is 31.2 Å². The Kier molecular flexibility index (Phi) is 3.23. The minimum Gasteiger partial charge on any atom is -0.373 e. The molecule has 1 aromatic carbocycles. The number of anilines is 1. The molecule has 2 aromatic rings. The summed E-state index contributed by atoms with van der Waals surface area (Å²) >= 11 is 0. The molecule has 0 aliphatic rings. The fourth-order valence-corrected chi connectivity index (χ4v) is 1.66. The second-order valence-corrected chi connectivity index (χ2v) is 3.94. The van der Waals surface area contributed by atoms with Crippen LogP contribution in [-0.2, 0) is 0 Å². The Labute approximate surface area is 105 Å². The average molecular weight is 243 g/mol. The molecule has 0 radical (unpaired) electrons. The van der Waals surface area contributed by atoms with Gasteiger partial charge in [0.1, 0.15) is 5.82 Å². The summed E-state index contributed by atoms with van der Waals surface area (Å²) in [6.45, 7) is 1.97. The number of nitro groups is 1. The van der Waals surface area contributed by atoms with E-state index in [1.54, 1.807) is 13.1 Å². The molecule has 2 rings (SSSR count). The molecule has 92 valence electrons. The van der Waals surface area contributed by atoms with E-state index in [9.17, 15) is 10.1 Å². The third-order valence-electron chi connectivity index (χ3n) is 2.65. The van der Waals surface area contributed by atoms with Crippen LogP contribution in [0.25, 0.3) is 11.3 Å². The minimum atomic E-state index is -0.415. The molecule has 0 atom stereocenters. The smallest absolute Gasteiger partial charge is 0.295 e. The number of rotatable bonds is 3. The van der Waals surface area contributed by atoms with Crippen molar-refractivity contribution in [1.29, 1.82) is 0 Å². The van der Waals surface area contributed by atoms with Gasteiger partial charge in [0.25, 0.3) is 5.69 Å². The molecule has 5 nitrogen and oxygen atoms in total. The monoisotopic (exact) mass is 243 g/mol. The van der Waals surface area contributed by atoms with Gasteiger partial charge in [-0.25, -0.2) is 4.98 Å². The number of hydrogen-bond donors (Lipinski definition) is 1. The first kappa shape index (κ1) is 12.0. The number of pyridine rings is 1. The number of nitrogens with one attached hydrogen (secondary N) is 1. The van der Waals surface area contributed by atoms with Gasteiger partial charge in [-0.15, -0.1) is 0 Å². The lowest BCUT2D eigenvalue weighted by atomic mass is 10.1. The Morgan fingerprint density at radius 3 is 2.39 bits per heavy atom. The molecule has 0 fully saturated rings. The van der Waals surface area contributed by atoms with Gasteiger partial charge in [-0.3, -0.25) is 10.1 Å². The van der Waals surface area contributed by atoms with Crippen LogP contribution >= 0.6 is 0 Å². The Morgan fingerprint density at radius 1 is 1.17 bits per heavy atom. The molecule has 1 heterocycles. The Balaban J connectivity index is 2.59. The predicted octanol–water partition coefficient (Wildman–Crippen LogP) is 3.01. The number of hydrogen-bond acceptors (Lipinski definition) is 4. The van der Waals surface area contributed by atoms with Crippen molar-refractivity contribution < 1.29 is 4.92 Å². The number of aryl methyl sites for hydroxylation is 1. The van der Waals surface area contributed by atoms with Gasteiger partial charge < -0.3 is 5.32 Å². The van der Waals surface area contributed by atoms with Gasteiger partial charge in [-0.2, -0.15) is 0 Å². The van der Waals surface area contributed by atoms with Gasteiger partial charge in [0.05, 0.1) is 4.92 Å². The number of nitrogens with zero attached hydrogens (tertiary/aromatic N) is 2. The quantitative estimate of drug-likeness (QED) is 0.664. The highest BCUT2D eigenvalue weighted by molar-refractivity contribution is 5.71. The molecule has 0 aliphatic heterocycles. The molecule has 0 unspecified atom stereocenters. The van der Waals surface area contributed by atoms with Crippen LogP contribution in [0, 0.1) is 17.0 Å². The molecule has 1 N–H and O–H groups in total. The zero-order chi connectivity index (χ0) is 13.1. The largest absolute Gasteiger partial charge is 0.373 e. The molecular weight excluding hydrogens is 230 g/mol. The van der Waals surface area contributed by atoms with Crippen LogP contribution in [-0.4, -0.2) is 17.0 Å². The van der Waals surface area contributed by atoms with E-state index in [2.05, 4.69) is 10.3 Å². The van der Waals surface area contributed by atoms with E-state index in [-0.39, 0.29) is 5.69 Å². The average Bonchev–Trinajstić information content (AvgIpc) is 2.38. The van der Waals surface area contributed by atoms with E-state index in [0.29, 0.717) is 11.5 Å². The Hall–Kier alpha value is -2.43. The summed E-state index contributed by atoms with van der Waals surface area (Å²) in [7, 11) is 1.73. The highest BCUT2D eigenvalue weighted by atomic mass is 16.6. The summed E-state index contributed by atoms with van der Waals surface area (Å²) in [6.07, 6.45) is 0. The third-order valence-corrected chi connectivity index (χ3v) is 2.65. The standard InChI is InChI=1S/C13H13N3O2/c1-9-3-5-10(6-4-9)13-11(16(17)18)7-8-12(14-2)15-13/h3-8H,1-2H3,(H,14,15). The van der Waals surface area contributed by atoms with E-state index in [4.69, 9.17) is 0 Å². The van der Waals surface area contributed by atoms with Crippen molar-refractivity contribution in [2.75, 3.05) is 12.4 Å². The maximum atomic E-state index is 11.0. The second kappa shape index (κ2) is 4.83. The van der Waals surface area contributed by atoms with Gasteiger partial charge in [-0.05, 0) is 13.0 Å². The molecule has 0 saturated carbocycles. The van der Waals surface area contributed by atoms with Crippen LogP contribution in [0.4, 0.5) is 11.5 Å². The molecule has 18 heavy (non-hydrogen) atoms. The second-order valence-electron chi connectivity index (χ2n) is 3.94. The highest BCUT2D eigenvalue weighted by Crippen LogP contribution is 2.29. The summed E-state index contributed by atoms with van der Waals surface area (Å²) in [4.78, 5) is 14.9. The fourth-order valence-electron chi connectivity index (χ4n) is 1.66. The van der Waals surface area contributed by atoms with Gasteiger partial charge in [0.15, 0.2) is 5.69 Å². The maximum Gasteiger partial charge on any atom is 0.295 e. The van der Waals surface area contributed by atoms with Crippen molar-refractivity contribution in [2.24, 2.45) is 0 Å². The van der Waals surface area contributed by atoms with E-state index < -0.39 is 4.92 Å². The molecule has 1 aromatic heterocycles. The van der Waals surface area contributed by atoms with Gasteiger partial charge in [-0.1, -0.05) is 29.8 Å². The fraction of sp³-hybridized carbons (Fsp3) is 0.154. The van der Waals surface area contributed by atoms with Crippen LogP contribution in [0.1, 0.15) is 5.56 Å². The molecule has 0 aliphatic carbocycles. The maximum absolute atomic E-state index is 11.0. The summed E-state index contributed by atoms with van der Waals surface area (Å²) < 4.78 is 0. The molecule has 5 heteroatoms. The first-order chi connectivity index (χ1) is 8.61. The van der Waals surface area contributed by atoms with E-state index in [0.717, 1.165) is 11.1 Å². The topological polar surface area (TPSA) is 68.1 Å². The van der Waals surface area contributed by atoms with Gasteiger partial charge in [0.2, 0.25) is 0 Å². The van der Waals surface area contributed by atoms with Crippen molar-refractivity contribution in [3.05, 3.63) is 52.1 Å². The lowest BCUT2D eigenvalue weighted by Crippen LogP contribution is -1.98. The molecular formula is C13H13N3O2. The molecule has 0 bridgehead atoms. The lowest BCUT2D eigenvalue weighted by molar-refractivity contribution is -0.384. The van der Waals surface area contributed by atoms with Crippen LogP contribution in [0.3, 0.4) is 0 Å². The van der Waals surface area contributed by atoms with Crippen molar-refractivity contribution in [3.8, 4) is 11.3 Å². The zero-order valence-corrected chi connectivity index (χ0v) is 10.2. The Morgan fingerprint density at radius 2 is 1.83 bits per heavy atom. The van der Waals surface area contributed by atoms with Crippen molar-refractivity contribution in [2.45, 2.75) is 6.92 Å². The summed E-state index contributed by atoms with van der Waals surface area (Å²) in [5.74, 6) is 0.608. The number of benzene rings is 1. The first-order valence-corrected chi connectivity index (χ1v) is 5.52. The summed E-state index contributed by atoms with van der Waals surface area (Å²) in [5, 5.41) is 13.9. The third kappa shape index (κ3) is 2.29. The normalized spacial score (nSPS) is 10.1. The van der Waals surface area contributed by atoms with Crippen LogP contribution < -0.4 is 5.32 Å². The van der Waals surface area contributed by atoms with Crippen molar-refractivity contribution in [1.82, 2.24) is 4.98 Å². The van der Waals surface area contributed by atoms with Gasteiger partial charge in [0, 0.05) is 18.7 Å². The zero-order valence-electron chi connectivity index (χ0n) is 10.2. The highest BCUT2D eigenvalue weighted by Gasteiger charge is 2.17. The predicted molar refractivity (Wildman–Crippen MR) is 70.6 cm³/mol. The summed E-state index contributed by atoms with van der Waals surface area (Å²) in [5.41, 5.74) is 2.24. The molecule has 0 spiro atoms. The minimum absolute atomic E-state index is 0.0119. The summed E-state index contributed by atoms with van der Waals surface area (Å²) in [6, 6.07) is 10.6. The number of aromatic nitrogens is 1. The van der Waals surface area contributed by atoms with Crippen LogP contribution in [0.5, 0.6) is 0 Å². The van der Waals surface area contributed by atoms with Crippen LogP contribution in [0.15, 0.2) is 36.4 Å². The van der Waals surface area contributed by atoms with Crippen molar-refractivity contribution in [3.63, 3.8) is 0 Å². The molecule has 0 saturated heterocycles.